The molecule has 30 heavy (non-hydrogen) atoms. The standard InChI is InChI=1S/C26H36N2O2/c1-21(23-15-9-7-10-16-23)27-25(29)19-13-5-3-4-6-14-20-26(30)28-22(2)24-17-11-8-12-18-24/h7-12,15-18,21-22H,3-6,13-14,19-20H2,1-2H3,(H,27,29)(H,28,30)/t21-,22-/m0/s1. The van der Waals surface area contributed by atoms with Gasteiger partial charge in [0.1, 0.15) is 0 Å². The SMILES string of the molecule is C[C@H](NC(=O)CCCCCCCCC(=O)N[C@@H](C)c1ccccc1)c1ccccc1. The van der Waals surface area contributed by atoms with Crippen molar-refractivity contribution < 1.29 is 9.59 Å². The van der Waals surface area contributed by atoms with Gasteiger partial charge < -0.3 is 10.6 Å². The van der Waals surface area contributed by atoms with Crippen LogP contribution < -0.4 is 10.6 Å². The van der Waals surface area contributed by atoms with Crippen molar-refractivity contribution >= 4 is 11.8 Å². The van der Waals surface area contributed by atoms with E-state index in [9.17, 15) is 9.59 Å². The van der Waals surface area contributed by atoms with Crippen molar-refractivity contribution in [3.05, 3.63) is 71.8 Å². The summed E-state index contributed by atoms with van der Waals surface area (Å²) in [6.45, 7) is 4.04. The fourth-order valence-electron chi connectivity index (χ4n) is 3.56. The van der Waals surface area contributed by atoms with E-state index in [1.54, 1.807) is 0 Å². The third kappa shape index (κ3) is 9.25. The summed E-state index contributed by atoms with van der Waals surface area (Å²) < 4.78 is 0. The van der Waals surface area contributed by atoms with Crippen molar-refractivity contribution in [2.24, 2.45) is 0 Å². The minimum atomic E-state index is 0.0504. The molecule has 4 heteroatoms. The van der Waals surface area contributed by atoms with E-state index in [0.717, 1.165) is 49.7 Å². The van der Waals surface area contributed by atoms with Crippen molar-refractivity contribution in [3.8, 4) is 0 Å². The summed E-state index contributed by atoms with van der Waals surface area (Å²) in [7, 11) is 0. The second-order valence-electron chi connectivity index (χ2n) is 8.02. The predicted octanol–water partition coefficient (Wildman–Crippen LogP) is 5.86. The molecule has 2 aromatic rings. The van der Waals surface area contributed by atoms with Crippen LogP contribution in [0.1, 0.15) is 88.4 Å². The minimum absolute atomic E-state index is 0.0504. The van der Waals surface area contributed by atoms with E-state index >= 15 is 0 Å². The van der Waals surface area contributed by atoms with Gasteiger partial charge in [-0.2, -0.15) is 0 Å². The molecule has 0 aliphatic heterocycles. The quantitative estimate of drug-likeness (QED) is 0.408. The Hall–Kier alpha value is -2.62. The third-order valence-corrected chi connectivity index (χ3v) is 5.41. The fraction of sp³-hybridized carbons (Fsp3) is 0.462. The maximum atomic E-state index is 12.1. The van der Waals surface area contributed by atoms with Crippen LogP contribution in [0.4, 0.5) is 0 Å². The predicted molar refractivity (Wildman–Crippen MR) is 123 cm³/mol. The van der Waals surface area contributed by atoms with E-state index < -0.39 is 0 Å². The van der Waals surface area contributed by atoms with E-state index in [-0.39, 0.29) is 23.9 Å². The summed E-state index contributed by atoms with van der Waals surface area (Å²) in [5, 5.41) is 6.13. The van der Waals surface area contributed by atoms with Crippen LogP contribution in [-0.2, 0) is 9.59 Å². The highest BCUT2D eigenvalue weighted by molar-refractivity contribution is 5.76. The highest BCUT2D eigenvalue weighted by Crippen LogP contribution is 2.14. The molecule has 0 heterocycles. The molecular weight excluding hydrogens is 372 g/mol. The van der Waals surface area contributed by atoms with Crippen LogP contribution in [0.3, 0.4) is 0 Å². The lowest BCUT2D eigenvalue weighted by Crippen LogP contribution is -2.26. The Balaban J connectivity index is 1.46. The van der Waals surface area contributed by atoms with E-state index in [0.29, 0.717) is 12.8 Å². The molecular formula is C26H36N2O2. The summed E-state index contributed by atoms with van der Waals surface area (Å²) in [4.78, 5) is 24.1. The van der Waals surface area contributed by atoms with Gasteiger partial charge in [-0.1, -0.05) is 86.3 Å². The summed E-state index contributed by atoms with van der Waals surface area (Å²) in [5.41, 5.74) is 2.26. The first-order valence-electron chi connectivity index (χ1n) is 11.2. The van der Waals surface area contributed by atoms with Crippen molar-refractivity contribution in [3.63, 3.8) is 0 Å². The van der Waals surface area contributed by atoms with Gasteiger partial charge in [-0.25, -0.2) is 0 Å². The number of rotatable bonds is 13. The third-order valence-electron chi connectivity index (χ3n) is 5.41. The first kappa shape index (κ1) is 23.7. The molecule has 0 saturated heterocycles. The smallest absolute Gasteiger partial charge is 0.220 e. The molecule has 2 amide bonds. The van der Waals surface area contributed by atoms with Crippen LogP contribution in [0, 0.1) is 0 Å². The van der Waals surface area contributed by atoms with Crippen LogP contribution in [0.25, 0.3) is 0 Å². The summed E-state index contributed by atoms with van der Waals surface area (Å²) >= 11 is 0. The Kier molecular flexibility index (Phi) is 10.7. The van der Waals surface area contributed by atoms with E-state index in [2.05, 4.69) is 10.6 Å². The summed E-state index contributed by atoms with van der Waals surface area (Å²) in [6, 6.07) is 20.2. The lowest BCUT2D eigenvalue weighted by molar-refractivity contribution is -0.122. The van der Waals surface area contributed by atoms with Gasteiger partial charge >= 0.3 is 0 Å². The van der Waals surface area contributed by atoms with Crippen LogP contribution in [0.2, 0.25) is 0 Å². The molecule has 4 nitrogen and oxygen atoms in total. The molecule has 0 aliphatic rings. The lowest BCUT2D eigenvalue weighted by Gasteiger charge is -2.14. The number of carbonyl (C=O) groups excluding carboxylic acids is 2. The summed E-state index contributed by atoms with van der Waals surface area (Å²) in [5.74, 6) is 0.242. The van der Waals surface area contributed by atoms with Gasteiger partial charge in [-0.05, 0) is 37.8 Å². The topological polar surface area (TPSA) is 58.2 Å². The van der Waals surface area contributed by atoms with E-state index in [1.807, 2.05) is 74.5 Å². The Bertz CT molecular complexity index is 681. The second-order valence-corrected chi connectivity index (χ2v) is 8.02. The highest BCUT2D eigenvalue weighted by Gasteiger charge is 2.10. The zero-order valence-electron chi connectivity index (χ0n) is 18.4. The van der Waals surface area contributed by atoms with Crippen molar-refractivity contribution in [1.82, 2.24) is 10.6 Å². The molecule has 0 spiro atoms. The Labute approximate surface area is 181 Å². The average molecular weight is 409 g/mol. The molecule has 2 aromatic carbocycles. The average Bonchev–Trinajstić information content (AvgIpc) is 2.76. The minimum Gasteiger partial charge on any atom is -0.350 e. The highest BCUT2D eigenvalue weighted by atomic mass is 16.2. The largest absolute Gasteiger partial charge is 0.350 e. The van der Waals surface area contributed by atoms with Crippen molar-refractivity contribution in [2.45, 2.75) is 77.3 Å². The molecule has 0 aromatic heterocycles. The van der Waals surface area contributed by atoms with Gasteiger partial charge in [-0.3, -0.25) is 9.59 Å². The number of hydrogen-bond donors (Lipinski definition) is 2. The van der Waals surface area contributed by atoms with E-state index in [1.165, 1.54) is 0 Å². The van der Waals surface area contributed by atoms with Gasteiger partial charge in [-0.15, -0.1) is 0 Å². The zero-order chi connectivity index (χ0) is 21.6. The normalized spacial score (nSPS) is 12.7. The van der Waals surface area contributed by atoms with Crippen LogP contribution in [-0.4, -0.2) is 11.8 Å². The van der Waals surface area contributed by atoms with Gasteiger partial charge in [0.25, 0.3) is 0 Å². The Morgan fingerprint density at radius 2 is 0.933 bits per heavy atom. The molecule has 2 N–H and O–H groups in total. The molecule has 0 unspecified atom stereocenters. The number of carbonyl (C=O) groups is 2. The summed E-state index contributed by atoms with van der Waals surface area (Å²) in [6.07, 6.45) is 7.35. The molecule has 2 rings (SSSR count). The monoisotopic (exact) mass is 408 g/mol. The van der Waals surface area contributed by atoms with Crippen LogP contribution >= 0.6 is 0 Å². The fourth-order valence-corrected chi connectivity index (χ4v) is 3.56. The van der Waals surface area contributed by atoms with Crippen LogP contribution in [0.5, 0.6) is 0 Å². The first-order chi connectivity index (χ1) is 14.6. The number of benzene rings is 2. The number of nitrogens with one attached hydrogen (secondary N) is 2. The maximum Gasteiger partial charge on any atom is 0.220 e. The van der Waals surface area contributed by atoms with Gasteiger partial charge in [0.2, 0.25) is 11.8 Å². The molecule has 0 fully saturated rings. The van der Waals surface area contributed by atoms with E-state index in [4.69, 9.17) is 0 Å². The van der Waals surface area contributed by atoms with Crippen molar-refractivity contribution in [1.29, 1.82) is 0 Å². The van der Waals surface area contributed by atoms with Gasteiger partial charge in [0.05, 0.1) is 12.1 Å². The number of unbranched alkanes of at least 4 members (excludes halogenated alkanes) is 5. The van der Waals surface area contributed by atoms with Gasteiger partial charge in [0.15, 0.2) is 0 Å². The molecule has 0 radical (unpaired) electrons. The molecule has 0 bridgehead atoms. The maximum absolute atomic E-state index is 12.1. The Morgan fingerprint density at radius 3 is 1.30 bits per heavy atom. The molecule has 2 atom stereocenters. The zero-order valence-corrected chi connectivity index (χ0v) is 18.4. The Morgan fingerprint density at radius 1 is 0.600 bits per heavy atom. The van der Waals surface area contributed by atoms with Crippen molar-refractivity contribution in [2.75, 3.05) is 0 Å². The lowest BCUT2D eigenvalue weighted by atomic mass is 10.1. The first-order valence-corrected chi connectivity index (χ1v) is 11.2. The molecule has 0 aliphatic carbocycles. The van der Waals surface area contributed by atoms with Gasteiger partial charge in [0, 0.05) is 12.8 Å². The molecule has 162 valence electrons. The number of amides is 2. The second kappa shape index (κ2) is 13.6. The molecule has 0 saturated carbocycles. The van der Waals surface area contributed by atoms with Crippen LogP contribution in [0.15, 0.2) is 60.7 Å². The number of hydrogen-bond acceptors (Lipinski definition) is 2.